The quantitative estimate of drug-likeness (QED) is 0.0748. The van der Waals surface area contributed by atoms with E-state index in [1.165, 1.54) is 43.3 Å². The summed E-state index contributed by atoms with van der Waals surface area (Å²) >= 11 is 0. The number of ether oxygens (including phenoxy) is 2. The summed E-state index contributed by atoms with van der Waals surface area (Å²) in [6, 6.07) is 42.1. The maximum atomic E-state index is 15.1. The summed E-state index contributed by atoms with van der Waals surface area (Å²) in [5.41, 5.74) is -0.0409. The van der Waals surface area contributed by atoms with E-state index in [-0.39, 0.29) is 17.1 Å². The Morgan fingerprint density at radius 3 is 1.55 bits per heavy atom. The molecule has 0 aromatic heterocycles. The van der Waals surface area contributed by atoms with Crippen molar-refractivity contribution in [2.45, 2.75) is 101 Å². The average Bonchev–Trinajstić information content (AvgIpc) is 3.67. The van der Waals surface area contributed by atoms with E-state index in [9.17, 15) is 0 Å². The number of benzene rings is 4. The van der Waals surface area contributed by atoms with Gasteiger partial charge in [-0.3, -0.25) is 0 Å². The standard InChI is InChI=1S/C43H52NO4Si/c1-33(48-49(42(2,3)4,39-23-13-7-14-24-39)40-25-15-8-16-26-40)47-43(34-19-9-5-10-20-34,35-21-11-6-12-22-35)41(45)46-38-31-36-27-28-37(32-38)44(36)29-17-18-30-44/h5-16,19-26,33,36-38H,17-18,27-32H2,1-4H3/q+1. The van der Waals surface area contributed by atoms with Gasteiger partial charge in [0.05, 0.1) is 25.2 Å². The predicted octanol–water partition coefficient (Wildman–Crippen LogP) is 7.72. The van der Waals surface area contributed by atoms with Crippen LogP contribution >= 0.6 is 0 Å². The van der Waals surface area contributed by atoms with E-state index in [0.717, 1.165) is 34.3 Å². The van der Waals surface area contributed by atoms with Gasteiger partial charge in [-0.15, -0.1) is 0 Å². The second-order valence-electron chi connectivity index (χ2n) is 15.5. The Labute approximate surface area is 293 Å². The van der Waals surface area contributed by atoms with Crippen molar-refractivity contribution >= 4 is 24.7 Å². The summed E-state index contributed by atoms with van der Waals surface area (Å²) < 4.78 is 22.6. The van der Waals surface area contributed by atoms with Crippen molar-refractivity contribution in [2.24, 2.45) is 0 Å². The third kappa shape index (κ3) is 6.01. The van der Waals surface area contributed by atoms with Gasteiger partial charge in [-0.1, -0.05) is 142 Å². The van der Waals surface area contributed by atoms with Gasteiger partial charge in [0.1, 0.15) is 12.4 Å². The van der Waals surface area contributed by atoms with E-state index in [1.807, 2.05) is 79.7 Å². The number of nitrogens with zero attached hydrogens (tertiary/aromatic N) is 1. The van der Waals surface area contributed by atoms with Gasteiger partial charge in [-0.05, 0) is 33.5 Å². The van der Waals surface area contributed by atoms with Gasteiger partial charge in [-0.2, -0.15) is 0 Å². The number of carbonyl (C=O) groups excluding carboxylic acids is 1. The highest BCUT2D eigenvalue weighted by Crippen LogP contribution is 2.47. The Hall–Kier alpha value is -3.55. The molecule has 0 N–H and O–H groups in total. The SMILES string of the molecule is CC(OC(C(=O)OC1CC2CCC(C1)[N+]21CCCC1)(c1ccccc1)c1ccccc1)O[Si](c1ccccc1)(c1ccccc1)C(C)(C)C. The summed E-state index contributed by atoms with van der Waals surface area (Å²) in [5, 5.41) is 2.06. The third-order valence-corrected chi connectivity index (χ3v) is 16.9. The lowest BCUT2D eigenvalue weighted by molar-refractivity contribution is -0.956. The van der Waals surface area contributed by atoms with E-state index in [4.69, 9.17) is 13.9 Å². The lowest BCUT2D eigenvalue weighted by Gasteiger charge is -2.48. The van der Waals surface area contributed by atoms with Gasteiger partial charge in [0.2, 0.25) is 5.60 Å². The summed E-state index contributed by atoms with van der Waals surface area (Å²) in [6.45, 7) is 11.3. The molecule has 6 heteroatoms. The highest BCUT2D eigenvalue weighted by Gasteiger charge is 2.58. The average molecular weight is 675 g/mol. The van der Waals surface area contributed by atoms with Crippen LogP contribution in [-0.4, -0.2) is 56.3 Å². The molecule has 4 aromatic carbocycles. The van der Waals surface area contributed by atoms with Crippen LogP contribution in [0.15, 0.2) is 121 Å². The zero-order valence-electron chi connectivity index (χ0n) is 29.6. The monoisotopic (exact) mass is 674 g/mol. The van der Waals surface area contributed by atoms with Crippen molar-refractivity contribution in [1.82, 2.24) is 0 Å². The molecule has 0 amide bonds. The van der Waals surface area contributed by atoms with Gasteiger partial charge in [-0.25, -0.2) is 4.79 Å². The maximum absolute atomic E-state index is 15.1. The molecule has 3 aliphatic rings. The van der Waals surface area contributed by atoms with Crippen LogP contribution in [0.25, 0.3) is 0 Å². The molecular formula is C43H52NO4Si+. The number of carbonyl (C=O) groups is 1. The molecule has 3 unspecified atom stereocenters. The third-order valence-electron chi connectivity index (χ3n) is 11.8. The van der Waals surface area contributed by atoms with Crippen molar-refractivity contribution < 1.29 is 23.2 Å². The summed E-state index contributed by atoms with van der Waals surface area (Å²) in [5.74, 6) is -0.359. The highest BCUT2D eigenvalue weighted by molar-refractivity contribution is 6.99. The number of hydrogen-bond donors (Lipinski definition) is 0. The van der Waals surface area contributed by atoms with Crippen LogP contribution in [0, 0.1) is 0 Å². The first-order valence-electron chi connectivity index (χ1n) is 18.3. The van der Waals surface area contributed by atoms with Gasteiger partial charge in [0.15, 0.2) is 0 Å². The van der Waals surface area contributed by atoms with Crippen molar-refractivity contribution in [1.29, 1.82) is 0 Å². The molecule has 256 valence electrons. The molecule has 3 saturated heterocycles. The summed E-state index contributed by atoms with van der Waals surface area (Å²) in [6.07, 6.45) is 6.07. The first-order valence-corrected chi connectivity index (χ1v) is 20.3. The van der Waals surface area contributed by atoms with Crippen LogP contribution in [0.1, 0.15) is 77.3 Å². The molecule has 1 spiro atoms. The number of esters is 1. The van der Waals surface area contributed by atoms with Crippen LogP contribution in [0.3, 0.4) is 0 Å². The number of quaternary nitrogens is 1. The Balaban J connectivity index is 1.28. The molecule has 2 bridgehead atoms. The predicted molar refractivity (Wildman–Crippen MR) is 198 cm³/mol. The molecule has 5 nitrogen and oxygen atoms in total. The fraction of sp³-hybridized carbons (Fsp3) is 0.419. The Bertz CT molecular complexity index is 1590. The Morgan fingerprint density at radius 2 is 1.12 bits per heavy atom. The minimum Gasteiger partial charge on any atom is -0.459 e. The Kier molecular flexibility index (Phi) is 9.44. The van der Waals surface area contributed by atoms with Gasteiger partial charge >= 0.3 is 5.97 Å². The van der Waals surface area contributed by atoms with Gasteiger partial charge in [0.25, 0.3) is 8.32 Å². The first-order chi connectivity index (χ1) is 23.7. The smallest absolute Gasteiger partial charge is 0.348 e. The largest absolute Gasteiger partial charge is 0.459 e. The van der Waals surface area contributed by atoms with E-state index in [2.05, 4.69) is 69.3 Å². The van der Waals surface area contributed by atoms with Crippen molar-refractivity contribution in [3.8, 4) is 0 Å². The molecule has 0 radical (unpaired) electrons. The molecule has 3 aliphatic heterocycles. The molecule has 3 heterocycles. The van der Waals surface area contributed by atoms with E-state index in [0.29, 0.717) is 12.1 Å². The normalized spacial score (nSPS) is 22.6. The molecule has 0 saturated carbocycles. The zero-order valence-corrected chi connectivity index (χ0v) is 30.6. The fourth-order valence-electron chi connectivity index (χ4n) is 9.69. The zero-order chi connectivity index (χ0) is 34.1. The fourth-order valence-corrected chi connectivity index (χ4v) is 14.2. The van der Waals surface area contributed by atoms with Crippen molar-refractivity contribution in [3.63, 3.8) is 0 Å². The number of piperidine rings is 1. The lowest BCUT2D eigenvalue weighted by Crippen LogP contribution is -2.68. The summed E-state index contributed by atoms with van der Waals surface area (Å²) in [7, 11) is -3.00. The van der Waals surface area contributed by atoms with Crippen molar-refractivity contribution in [2.75, 3.05) is 13.1 Å². The van der Waals surface area contributed by atoms with Crippen LogP contribution in [0.5, 0.6) is 0 Å². The van der Waals surface area contributed by atoms with Crippen LogP contribution < -0.4 is 10.4 Å². The van der Waals surface area contributed by atoms with Crippen LogP contribution in [0.2, 0.25) is 5.04 Å². The molecular weight excluding hydrogens is 623 g/mol. The maximum Gasteiger partial charge on any atom is 0.348 e. The number of hydrogen-bond acceptors (Lipinski definition) is 4. The highest BCUT2D eigenvalue weighted by atomic mass is 28.4. The van der Waals surface area contributed by atoms with Crippen LogP contribution in [-0.2, 0) is 24.3 Å². The van der Waals surface area contributed by atoms with Gasteiger partial charge < -0.3 is 18.4 Å². The van der Waals surface area contributed by atoms with E-state index >= 15 is 4.79 Å². The Morgan fingerprint density at radius 1 is 0.694 bits per heavy atom. The van der Waals surface area contributed by atoms with Crippen molar-refractivity contribution in [3.05, 3.63) is 132 Å². The van der Waals surface area contributed by atoms with Gasteiger partial charge in [0, 0.05) is 38.5 Å². The molecule has 7 rings (SSSR count). The molecule has 4 aromatic rings. The molecule has 3 atom stereocenters. The first kappa shape index (κ1) is 33.9. The molecule has 49 heavy (non-hydrogen) atoms. The van der Waals surface area contributed by atoms with E-state index in [1.54, 1.807) is 0 Å². The lowest BCUT2D eigenvalue weighted by atomic mass is 9.85. The topological polar surface area (TPSA) is 44.8 Å². The van der Waals surface area contributed by atoms with E-state index < -0.39 is 20.2 Å². The second-order valence-corrected chi connectivity index (χ2v) is 19.8. The van der Waals surface area contributed by atoms with Crippen LogP contribution in [0.4, 0.5) is 0 Å². The number of rotatable bonds is 10. The molecule has 0 aliphatic carbocycles. The second kappa shape index (κ2) is 13.6. The minimum atomic E-state index is -3.00. The molecule has 3 fully saturated rings. The summed E-state index contributed by atoms with van der Waals surface area (Å²) in [4.78, 5) is 15.1. The minimum absolute atomic E-state index is 0.127.